The molecule has 0 spiro atoms. The Labute approximate surface area is 154 Å². The van der Waals surface area contributed by atoms with Gasteiger partial charge in [-0.15, -0.1) is 11.3 Å². The van der Waals surface area contributed by atoms with E-state index < -0.39 is 6.10 Å². The lowest BCUT2D eigenvalue weighted by Crippen LogP contribution is -2.36. The molecule has 0 fully saturated rings. The summed E-state index contributed by atoms with van der Waals surface area (Å²) < 4.78 is 18.8. The van der Waals surface area contributed by atoms with Gasteiger partial charge in [-0.1, -0.05) is 12.1 Å². The Kier molecular flexibility index (Phi) is 7.14. The normalized spacial score (nSPS) is 13.4. The number of aliphatic hydroxyl groups is 1. The Hall–Kier alpha value is -1.27. The van der Waals surface area contributed by atoms with Crippen molar-refractivity contribution < 1.29 is 14.2 Å². The predicted octanol–water partition coefficient (Wildman–Crippen LogP) is 4.37. The van der Waals surface area contributed by atoms with Crippen LogP contribution in [0.25, 0.3) is 0 Å². The molecule has 25 heavy (non-hydrogen) atoms. The molecule has 0 saturated carbocycles. The van der Waals surface area contributed by atoms with Crippen molar-refractivity contribution in [1.82, 2.24) is 4.90 Å². The summed E-state index contributed by atoms with van der Waals surface area (Å²) in [5.74, 6) is -0.234. The lowest BCUT2D eigenvalue weighted by molar-refractivity contribution is -0.0572. The monoisotopic (exact) mass is 365 g/mol. The largest absolute Gasteiger partial charge is 0.389 e. The van der Waals surface area contributed by atoms with Crippen LogP contribution in [0, 0.1) is 12.7 Å². The topological polar surface area (TPSA) is 32.7 Å². The summed E-state index contributed by atoms with van der Waals surface area (Å²) in [5, 5.41) is 10.4. The number of aryl methyl sites for hydroxylation is 1. The van der Waals surface area contributed by atoms with Gasteiger partial charge in [0.1, 0.15) is 5.82 Å². The third kappa shape index (κ3) is 7.65. The third-order valence-corrected chi connectivity index (χ3v) is 4.66. The first-order valence-corrected chi connectivity index (χ1v) is 9.37. The summed E-state index contributed by atoms with van der Waals surface area (Å²) in [7, 11) is 0. The molecule has 1 N–H and O–H groups in total. The summed E-state index contributed by atoms with van der Waals surface area (Å²) in [5.41, 5.74) is 0.756. The summed E-state index contributed by atoms with van der Waals surface area (Å²) in [6.45, 7) is 10.2. The number of aliphatic hydroxyl groups excluding tert-OH is 1. The van der Waals surface area contributed by atoms with E-state index >= 15 is 0 Å². The van der Waals surface area contributed by atoms with Crippen molar-refractivity contribution in [3.05, 3.63) is 57.5 Å². The molecule has 0 aliphatic rings. The van der Waals surface area contributed by atoms with E-state index in [1.807, 2.05) is 20.8 Å². The van der Waals surface area contributed by atoms with Crippen molar-refractivity contribution in [1.29, 1.82) is 0 Å². The van der Waals surface area contributed by atoms with Crippen molar-refractivity contribution in [2.45, 2.75) is 52.5 Å². The zero-order valence-corrected chi connectivity index (χ0v) is 16.3. The summed E-state index contributed by atoms with van der Waals surface area (Å²) in [6, 6.07) is 10.8. The minimum Gasteiger partial charge on any atom is -0.389 e. The quantitative estimate of drug-likeness (QED) is 0.754. The van der Waals surface area contributed by atoms with E-state index in [-0.39, 0.29) is 11.4 Å². The summed E-state index contributed by atoms with van der Waals surface area (Å²) in [6.07, 6.45) is -0.569. The van der Waals surface area contributed by atoms with Crippen molar-refractivity contribution >= 4 is 11.3 Å². The molecule has 0 aliphatic heterocycles. The first-order chi connectivity index (χ1) is 11.7. The highest BCUT2D eigenvalue weighted by Gasteiger charge is 2.17. The Bertz CT molecular complexity index is 648. The van der Waals surface area contributed by atoms with E-state index in [9.17, 15) is 9.50 Å². The molecule has 1 aromatic heterocycles. The van der Waals surface area contributed by atoms with Gasteiger partial charge in [-0.2, -0.15) is 0 Å². The van der Waals surface area contributed by atoms with Crippen LogP contribution in [-0.4, -0.2) is 34.9 Å². The van der Waals surface area contributed by atoms with Gasteiger partial charge in [0.2, 0.25) is 0 Å². The van der Waals surface area contributed by atoms with Gasteiger partial charge < -0.3 is 9.84 Å². The van der Waals surface area contributed by atoms with E-state index in [0.29, 0.717) is 19.7 Å². The molecule has 1 heterocycles. The maximum atomic E-state index is 13.1. The van der Waals surface area contributed by atoms with Crippen LogP contribution in [0.3, 0.4) is 0 Å². The van der Waals surface area contributed by atoms with Gasteiger partial charge in [0.05, 0.1) is 18.3 Å². The van der Waals surface area contributed by atoms with Crippen molar-refractivity contribution in [2.75, 3.05) is 13.2 Å². The minimum absolute atomic E-state index is 0.234. The van der Waals surface area contributed by atoms with Crippen molar-refractivity contribution in [3.63, 3.8) is 0 Å². The van der Waals surface area contributed by atoms with Crippen LogP contribution in [0.4, 0.5) is 4.39 Å². The zero-order chi connectivity index (χ0) is 18.4. The standard InChI is InChI=1S/C20H28FNO2S/c1-15-5-10-19(25-15)13-22(11-16-6-8-17(21)9-7-16)12-18(23)14-24-20(2,3)4/h5-10,18,23H,11-14H2,1-4H3/t18-/m0/s1. The minimum atomic E-state index is -0.569. The fraction of sp³-hybridized carbons (Fsp3) is 0.500. The van der Waals surface area contributed by atoms with E-state index in [4.69, 9.17) is 4.74 Å². The third-order valence-electron chi connectivity index (χ3n) is 3.67. The van der Waals surface area contributed by atoms with E-state index in [1.54, 1.807) is 23.5 Å². The molecule has 0 saturated heterocycles. The molecule has 0 radical (unpaired) electrons. The van der Waals surface area contributed by atoms with Gasteiger partial charge in [0.15, 0.2) is 0 Å². The summed E-state index contributed by atoms with van der Waals surface area (Å²) in [4.78, 5) is 4.70. The molecule has 0 bridgehead atoms. The number of benzene rings is 1. The lowest BCUT2D eigenvalue weighted by Gasteiger charge is -2.27. The van der Waals surface area contributed by atoms with Gasteiger partial charge in [0, 0.05) is 29.4 Å². The maximum Gasteiger partial charge on any atom is 0.123 e. The highest BCUT2D eigenvalue weighted by molar-refractivity contribution is 7.11. The number of ether oxygens (including phenoxy) is 1. The van der Waals surface area contributed by atoms with Gasteiger partial charge in [-0.25, -0.2) is 4.39 Å². The molecule has 2 aromatic rings. The SMILES string of the molecule is Cc1ccc(CN(Cc2ccc(F)cc2)C[C@H](O)COC(C)(C)C)s1. The van der Waals surface area contributed by atoms with Crippen molar-refractivity contribution in [2.24, 2.45) is 0 Å². The maximum absolute atomic E-state index is 13.1. The van der Waals surface area contributed by atoms with Crippen LogP contribution in [0.15, 0.2) is 36.4 Å². The van der Waals surface area contributed by atoms with Gasteiger partial charge in [0.25, 0.3) is 0 Å². The number of halogens is 1. The van der Waals surface area contributed by atoms with Crippen LogP contribution in [0.1, 0.15) is 36.1 Å². The molecule has 0 amide bonds. The molecule has 2 rings (SSSR count). The van der Waals surface area contributed by atoms with Gasteiger partial charge >= 0.3 is 0 Å². The molecule has 1 atom stereocenters. The second kappa shape index (κ2) is 8.90. The van der Waals surface area contributed by atoms with Crippen LogP contribution in [0.5, 0.6) is 0 Å². The fourth-order valence-corrected chi connectivity index (χ4v) is 3.45. The van der Waals surface area contributed by atoms with E-state index in [2.05, 4.69) is 24.0 Å². The predicted molar refractivity (Wildman–Crippen MR) is 101 cm³/mol. The molecule has 5 heteroatoms. The number of rotatable bonds is 8. The molecule has 138 valence electrons. The van der Waals surface area contributed by atoms with E-state index in [0.717, 1.165) is 12.1 Å². The lowest BCUT2D eigenvalue weighted by atomic mass is 10.2. The molecule has 0 unspecified atom stereocenters. The van der Waals surface area contributed by atoms with Crippen LogP contribution in [-0.2, 0) is 17.8 Å². The second-order valence-corrected chi connectivity index (χ2v) is 8.76. The van der Waals surface area contributed by atoms with Crippen molar-refractivity contribution in [3.8, 4) is 0 Å². The number of nitrogens with zero attached hydrogens (tertiary/aromatic N) is 1. The molecular formula is C20H28FNO2S. The Morgan fingerprint density at radius 2 is 1.80 bits per heavy atom. The van der Waals surface area contributed by atoms with Gasteiger partial charge in [-0.3, -0.25) is 4.90 Å². The smallest absolute Gasteiger partial charge is 0.123 e. The first-order valence-electron chi connectivity index (χ1n) is 8.55. The Balaban J connectivity index is 2.01. The molecule has 3 nitrogen and oxygen atoms in total. The molecular weight excluding hydrogens is 337 g/mol. The average Bonchev–Trinajstić information content (AvgIpc) is 2.92. The number of thiophene rings is 1. The molecule has 0 aliphatic carbocycles. The Morgan fingerprint density at radius 1 is 1.12 bits per heavy atom. The van der Waals surface area contributed by atoms with E-state index in [1.165, 1.54) is 21.9 Å². The number of hydrogen-bond acceptors (Lipinski definition) is 4. The van der Waals surface area contributed by atoms with Crippen LogP contribution >= 0.6 is 11.3 Å². The number of hydrogen-bond donors (Lipinski definition) is 1. The van der Waals surface area contributed by atoms with Crippen LogP contribution in [0.2, 0.25) is 0 Å². The summed E-state index contributed by atoms with van der Waals surface area (Å²) >= 11 is 1.76. The Morgan fingerprint density at radius 3 is 2.36 bits per heavy atom. The second-order valence-electron chi connectivity index (χ2n) is 7.39. The first kappa shape index (κ1) is 20.0. The molecule has 1 aromatic carbocycles. The average molecular weight is 366 g/mol. The highest BCUT2D eigenvalue weighted by Crippen LogP contribution is 2.19. The zero-order valence-electron chi connectivity index (χ0n) is 15.5. The van der Waals surface area contributed by atoms with Gasteiger partial charge in [-0.05, 0) is 57.5 Å². The van der Waals surface area contributed by atoms with Crippen LogP contribution < -0.4 is 0 Å². The highest BCUT2D eigenvalue weighted by atomic mass is 32.1. The fourth-order valence-electron chi connectivity index (χ4n) is 2.52.